The SMILES string of the molecule is CC(C)c1noc(Cn2ncn(C)c2=O)n1. The topological polar surface area (TPSA) is 78.7 Å². The van der Waals surface area contributed by atoms with Gasteiger partial charge in [0.05, 0.1) is 0 Å². The summed E-state index contributed by atoms with van der Waals surface area (Å²) in [5.74, 6) is 1.24. The zero-order valence-corrected chi connectivity index (χ0v) is 9.41. The van der Waals surface area contributed by atoms with E-state index in [1.807, 2.05) is 13.8 Å². The molecule has 2 rings (SSSR count). The lowest BCUT2D eigenvalue weighted by molar-refractivity contribution is 0.357. The molecule has 0 spiro atoms. The van der Waals surface area contributed by atoms with Crippen molar-refractivity contribution in [1.29, 1.82) is 0 Å². The average molecular weight is 223 g/mol. The van der Waals surface area contributed by atoms with Gasteiger partial charge in [0.15, 0.2) is 5.82 Å². The molecule has 0 aliphatic carbocycles. The van der Waals surface area contributed by atoms with Crippen LogP contribution in [0.3, 0.4) is 0 Å². The van der Waals surface area contributed by atoms with Crippen LogP contribution in [0, 0.1) is 0 Å². The largest absolute Gasteiger partial charge is 0.345 e. The molecule has 0 aliphatic heterocycles. The van der Waals surface area contributed by atoms with E-state index < -0.39 is 0 Å². The lowest BCUT2D eigenvalue weighted by Gasteiger charge is -1.93. The van der Waals surface area contributed by atoms with Crippen LogP contribution in [-0.2, 0) is 13.6 Å². The first-order valence-corrected chi connectivity index (χ1v) is 4.99. The van der Waals surface area contributed by atoms with E-state index in [9.17, 15) is 4.79 Å². The van der Waals surface area contributed by atoms with Gasteiger partial charge in [-0.1, -0.05) is 19.0 Å². The smallest absolute Gasteiger partial charge is 0.337 e. The first-order chi connectivity index (χ1) is 7.58. The maximum atomic E-state index is 11.5. The molecule has 2 aromatic rings. The van der Waals surface area contributed by atoms with Gasteiger partial charge in [-0.25, -0.2) is 9.48 Å². The van der Waals surface area contributed by atoms with Gasteiger partial charge in [0, 0.05) is 13.0 Å². The molecule has 0 bridgehead atoms. The molecular weight excluding hydrogens is 210 g/mol. The number of aromatic nitrogens is 5. The zero-order chi connectivity index (χ0) is 11.7. The molecule has 0 aliphatic rings. The van der Waals surface area contributed by atoms with Crippen LogP contribution in [0.4, 0.5) is 0 Å². The van der Waals surface area contributed by atoms with Crippen molar-refractivity contribution >= 4 is 0 Å². The van der Waals surface area contributed by atoms with Gasteiger partial charge in [0.25, 0.3) is 0 Å². The van der Waals surface area contributed by atoms with E-state index >= 15 is 0 Å². The normalized spacial score (nSPS) is 11.2. The highest BCUT2D eigenvalue weighted by atomic mass is 16.5. The molecule has 0 saturated heterocycles. The van der Waals surface area contributed by atoms with Crippen molar-refractivity contribution in [3.8, 4) is 0 Å². The van der Waals surface area contributed by atoms with Crippen LogP contribution in [0.15, 0.2) is 15.6 Å². The molecule has 2 aromatic heterocycles. The van der Waals surface area contributed by atoms with Crippen molar-refractivity contribution in [1.82, 2.24) is 24.5 Å². The molecule has 0 radical (unpaired) electrons. The molecule has 0 N–H and O–H groups in total. The monoisotopic (exact) mass is 223 g/mol. The molecule has 16 heavy (non-hydrogen) atoms. The lowest BCUT2D eigenvalue weighted by Crippen LogP contribution is -2.23. The van der Waals surface area contributed by atoms with E-state index in [4.69, 9.17) is 4.52 Å². The van der Waals surface area contributed by atoms with E-state index in [1.54, 1.807) is 7.05 Å². The Morgan fingerprint density at radius 1 is 1.50 bits per heavy atom. The Hall–Kier alpha value is -1.92. The first-order valence-electron chi connectivity index (χ1n) is 4.99. The minimum Gasteiger partial charge on any atom is -0.337 e. The highest BCUT2D eigenvalue weighted by Gasteiger charge is 2.11. The summed E-state index contributed by atoms with van der Waals surface area (Å²) in [7, 11) is 1.64. The second-order valence-corrected chi connectivity index (χ2v) is 3.88. The highest BCUT2D eigenvalue weighted by Crippen LogP contribution is 2.09. The van der Waals surface area contributed by atoms with E-state index in [0.29, 0.717) is 11.7 Å². The van der Waals surface area contributed by atoms with Crippen LogP contribution in [0.2, 0.25) is 0 Å². The molecule has 86 valence electrons. The second-order valence-electron chi connectivity index (χ2n) is 3.88. The van der Waals surface area contributed by atoms with Gasteiger partial charge in [-0.15, -0.1) is 0 Å². The predicted molar refractivity (Wildman–Crippen MR) is 55.0 cm³/mol. The van der Waals surface area contributed by atoms with Crippen molar-refractivity contribution in [3.05, 3.63) is 28.5 Å². The van der Waals surface area contributed by atoms with Crippen molar-refractivity contribution in [2.75, 3.05) is 0 Å². The highest BCUT2D eigenvalue weighted by molar-refractivity contribution is 4.91. The fourth-order valence-electron chi connectivity index (χ4n) is 1.22. The van der Waals surface area contributed by atoms with Gasteiger partial charge in [0.1, 0.15) is 12.9 Å². The Kier molecular flexibility index (Phi) is 2.59. The predicted octanol–water partition coefficient (Wildman–Crippen LogP) is 0.137. The van der Waals surface area contributed by atoms with Crippen LogP contribution < -0.4 is 5.69 Å². The van der Waals surface area contributed by atoms with Gasteiger partial charge in [-0.05, 0) is 0 Å². The fraction of sp³-hybridized carbons (Fsp3) is 0.556. The molecule has 0 unspecified atom stereocenters. The molecule has 0 fully saturated rings. The third-order valence-corrected chi connectivity index (χ3v) is 2.17. The van der Waals surface area contributed by atoms with Gasteiger partial charge < -0.3 is 4.52 Å². The van der Waals surface area contributed by atoms with E-state index in [2.05, 4.69) is 15.2 Å². The molecule has 0 atom stereocenters. The maximum absolute atomic E-state index is 11.5. The molecule has 0 saturated carbocycles. The number of hydrogen-bond acceptors (Lipinski definition) is 5. The van der Waals surface area contributed by atoms with E-state index in [0.717, 1.165) is 0 Å². The minimum absolute atomic E-state index is 0.204. The Morgan fingerprint density at radius 3 is 2.75 bits per heavy atom. The average Bonchev–Trinajstić information content (AvgIpc) is 2.81. The summed E-state index contributed by atoms with van der Waals surface area (Å²) in [6, 6.07) is 0. The number of aryl methyl sites for hydroxylation is 1. The summed E-state index contributed by atoms with van der Waals surface area (Å²) >= 11 is 0. The number of nitrogens with zero attached hydrogens (tertiary/aromatic N) is 5. The van der Waals surface area contributed by atoms with Crippen LogP contribution >= 0.6 is 0 Å². The standard InChI is InChI=1S/C9H13N5O2/c1-6(2)8-11-7(16-12-8)4-14-9(15)13(3)5-10-14/h5-6H,4H2,1-3H3. The van der Waals surface area contributed by atoms with Crippen LogP contribution in [0.5, 0.6) is 0 Å². The fourth-order valence-corrected chi connectivity index (χ4v) is 1.22. The van der Waals surface area contributed by atoms with Crippen LogP contribution in [0.1, 0.15) is 31.5 Å². The molecule has 7 heteroatoms. The molecule has 2 heterocycles. The van der Waals surface area contributed by atoms with Crippen molar-refractivity contribution in [3.63, 3.8) is 0 Å². The van der Waals surface area contributed by atoms with Crippen molar-refractivity contribution in [2.24, 2.45) is 7.05 Å². The Balaban J connectivity index is 2.21. The minimum atomic E-state index is -0.204. The maximum Gasteiger partial charge on any atom is 0.345 e. The molecular formula is C9H13N5O2. The van der Waals surface area contributed by atoms with E-state index in [-0.39, 0.29) is 18.2 Å². The van der Waals surface area contributed by atoms with Crippen molar-refractivity contribution in [2.45, 2.75) is 26.3 Å². The summed E-state index contributed by atoms with van der Waals surface area (Å²) < 4.78 is 7.69. The van der Waals surface area contributed by atoms with E-state index in [1.165, 1.54) is 15.6 Å². The van der Waals surface area contributed by atoms with Crippen LogP contribution in [-0.4, -0.2) is 24.5 Å². The Morgan fingerprint density at radius 2 is 2.25 bits per heavy atom. The van der Waals surface area contributed by atoms with Gasteiger partial charge in [-0.3, -0.25) is 4.57 Å². The van der Waals surface area contributed by atoms with Gasteiger partial charge in [0.2, 0.25) is 5.89 Å². The second kappa shape index (κ2) is 3.92. The molecule has 7 nitrogen and oxygen atoms in total. The third-order valence-electron chi connectivity index (χ3n) is 2.17. The summed E-state index contributed by atoms with van der Waals surface area (Å²) in [5, 5.41) is 7.72. The lowest BCUT2D eigenvalue weighted by atomic mass is 10.2. The number of rotatable bonds is 3. The van der Waals surface area contributed by atoms with Crippen molar-refractivity contribution < 1.29 is 4.52 Å². The van der Waals surface area contributed by atoms with Gasteiger partial charge in [-0.2, -0.15) is 10.1 Å². The third kappa shape index (κ3) is 1.88. The zero-order valence-electron chi connectivity index (χ0n) is 9.41. The summed E-state index contributed by atoms with van der Waals surface area (Å²) in [6.07, 6.45) is 1.45. The van der Waals surface area contributed by atoms with Gasteiger partial charge >= 0.3 is 5.69 Å². The molecule has 0 aromatic carbocycles. The Labute approximate surface area is 91.7 Å². The Bertz CT molecular complexity index is 536. The van der Waals surface area contributed by atoms with Crippen LogP contribution in [0.25, 0.3) is 0 Å². The quantitative estimate of drug-likeness (QED) is 0.739. The summed E-state index contributed by atoms with van der Waals surface area (Å²) in [4.78, 5) is 15.7. The summed E-state index contributed by atoms with van der Waals surface area (Å²) in [6.45, 7) is 4.16. The summed E-state index contributed by atoms with van der Waals surface area (Å²) in [5.41, 5.74) is -0.204. The first kappa shape index (κ1) is 10.6. The number of hydrogen-bond donors (Lipinski definition) is 0. The molecule has 0 amide bonds.